The zero-order valence-corrected chi connectivity index (χ0v) is 12.2. The summed E-state index contributed by atoms with van der Waals surface area (Å²) in [6.07, 6.45) is 3.62. The lowest BCUT2D eigenvalue weighted by Gasteiger charge is -2.15. The van der Waals surface area contributed by atoms with Crippen LogP contribution in [0, 0.1) is 0 Å². The number of ether oxygens (including phenoxy) is 1. The first-order valence-electron chi connectivity index (χ1n) is 7.10. The van der Waals surface area contributed by atoms with Crippen LogP contribution in [0.1, 0.15) is 46.1 Å². The van der Waals surface area contributed by atoms with Crippen molar-refractivity contribution in [2.45, 2.75) is 59.1 Å². The Labute approximate surface area is 112 Å². The summed E-state index contributed by atoms with van der Waals surface area (Å²) in [5, 5.41) is 3.42. The second-order valence-corrected chi connectivity index (χ2v) is 5.18. The van der Waals surface area contributed by atoms with E-state index in [1.807, 2.05) is 0 Å². The number of hydrogen-bond donors (Lipinski definition) is 1. The minimum Gasteiger partial charge on any atom is -0.491 e. The lowest BCUT2D eigenvalue weighted by molar-refractivity contribution is 0.207. The smallest absolute Gasteiger partial charge is 0.119 e. The summed E-state index contributed by atoms with van der Waals surface area (Å²) in [4.78, 5) is 0. The topological polar surface area (TPSA) is 21.3 Å². The Morgan fingerprint density at radius 3 is 2.33 bits per heavy atom. The third-order valence-electron chi connectivity index (χ3n) is 3.01. The highest BCUT2D eigenvalue weighted by atomic mass is 16.5. The highest BCUT2D eigenvalue weighted by Crippen LogP contribution is 2.15. The van der Waals surface area contributed by atoms with Gasteiger partial charge in [0.25, 0.3) is 0 Å². The molecular formula is C16H27NO. The van der Waals surface area contributed by atoms with Crippen molar-refractivity contribution in [3.05, 3.63) is 29.8 Å². The van der Waals surface area contributed by atoms with E-state index in [0.717, 1.165) is 31.6 Å². The van der Waals surface area contributed by atoms with Crippen LogP contribution in [0.3, 0.4) is 0 Å². The summed E-state index contributed by atoms with van der Waals surface area (Å²) in [6.45, 7) is 9.73. The van der Waals surface area contributed by atoms with Crippen molar-refractivity contribution in [3.8, 4) is 5.75 Å². The van der Waals surface area contributed by atoms with Gasteiger partial charge < -0.3 is 10.1 Å². The first kappa shape index (κ1) is 15.0. The molecule has 2 nitrogen and oxygen atoms in total. The van der Waals surface area contributed by atoms with Crippen LogP contribution in [0.5, 0.6) is 5.75 Å². The molecule has 0 aromatic heterocycles. The molecule has 0 bridgehead atoms. The average molecular weight is 249 g/mol. The highest BCUT2D eigenvalue weighted by Gasteiger charge is 2.04. The molecule has 1 unspecified atom stereocenters. The normalized spacial score (nSPS) is 12.7. The van der Waals surface area contributed by atoms with Gasteiger partial charge in [-0.2, -0.15) is 0 Å². The number of hydrogen-bond acceptors (Lipinski definition) is 2. The summed E-state index contributed by atoms with van der Waals surface area (Å²) < 4.78 is 5.89. The van der Waals surface area contributed by atoms with Gasteiger partial charge in [-0.25, -0.2) is 0 Å². The van der Waals surface area contributed by atoms with E-state index in [1.54, 1.807) is 0 Å². The molecule has 1 aromatic rings. The van der Waals surface area contributed by atoms with E-state index in [9.17, 15) is 0 Å². The zero-order chi connectivity index (χ0) is 13.4. The van der Waals surface area contributed by atoms with E-state index < -0.39 is 0 Å². The van der Waals surface area contributed by atoms with Crippen LogP contribution in [0.4, 0.5) is 0 Å². The molecule has 0 amide bonds. The van der Waals surface area contributed by atoms with Gasteiger partial charge in [0, 0.05) is 6.04 Å². The summed E-state index contributed by atoms with van der Waals surface area (Å²) in [6, 6.07) is 9.00. The van der Waals surface area contributed by atoms with Crippen LogP contribution >= 0.6 is 0 Å². The molecule has 0 saturated heterocycles. The number of benzene rings is 1. The molecule has 0 saturated carbocycles. The van der Waals surface area contributed by atoms with Crippen molar-refractivity contribution in [1.29, 1.82) is 0 Å². The fourth-order valence-electron chi connectivity index (χ4n) is 1.88. The van der Waals surface area contributed by atoms with Gasteiger partial charge in [0.2, 0.25) is 0 Å². The molecule has 1 rings (SSSR count). The van der Waals surface area contributed by atoms with Crippen molar-refractivity contribution in [3.63, 3.8) is 0 Å². The van der Waals surface area contributed by atoms with E-state index >= 15 is 0 Å². The van der Waals surface area contributed by atoms with Crippen LogP contribution in [0.15, 0.2) is 24.3 Å². The molecule has 1 N–H and O–H groups in total. The number of rotatable bonds is 8. The maximum absolute atomic E-state index is 5.89. The summed E-state index contributed by atoms with van der Waals surface area (Å²) >= 11 is 0. The molecule has 18 heavy (non-hydrogen) atoms. The van der Waals surface area contributed by atoms with E-state index in [4.69, 9.17) is 4.74 Å². The van der Waals surface area contributed by atoms with Gasteiger partial charge in [0.1, 0.15) is 5.75 Å². The Balaban J connectivity index is 2.24. The average Bonchev–Trinajstić information content (AvgIpc) is 2.35. The monoisotopic (exact) mass is 249 g/mol. The molecule has 0 aliphatic rings. The molecule has 2 heteroatoms. The van der Waals surface area contributed by atoms with Gasteiger partial charge in [-0.3, -0.25) is 0 Å². The fourth-order valence-corrected chi connectivity index (χ4v) is 1.88. The van der Waals surface area contributed by atoms with Gasteiger partial charge in [0.05, 0.1) is 6.10 Å². The highest BCUT2D eigenvalue weighted by molar-refractivity contribution is 5.27. The summed E-state index contributed by atoms with van der Waals surface area (Å²) in [5.41, 5.74) is 1.36. The molecule has 102 valence electrons. The Morgan fingerprint density at radius 2 is 1.78 bits per heavy atom. The molecule has 0 fully saturated rings. The molecule has 0 heterocycles. The van der Waals surface area contributed by atoms with Gasteiger partial charge in [-0.15, -0.1) is 0 Å². The maximum Gasteiger partial charge on any atom is 0.119 e. The molecule has 1 atom stereocenters. The SMILES string of the molecule is CCc1ccc(OC(C)CCCNC(C)C)cc1. The van der Waals surface area contributed by atoms with Crippen LogP contribution in [0.25, 0.3) is 0 Å². The lowest BCUT2D eigenvalue weighted by Crippen LogP contribution is -2.25. The zero-order valence-electron chi connectivity index (χ0n) is 12.2. The van der Waals surface area contributed by atoms with Gasteiger partial charge >= 0.3 is 0 Å². The van der Waals surface area contributed by atoms with Crippen LogP contribution < -0.4 is 10.1 Å². The second-order valence-electron chi connectivity index (χ2n) is 5.18. The van der Waals surface area contributed by atoms with Crippen LogP contribution in [-0.4, -0.2) is 18.7 Å². The van der Waals surface area contributed by atoms with Gasteiger partial charge in [0.15, 0.2) is 0 Å². The third-order valence-corrected chi connectivity index (χ3v) is 3.01. The summed E-state index contributed by atoms with van der Waals surface area (Å²) in [7, 11) is 0. The molecule has 0 radical (unpaired) electrons. The largest absolute Gasteiger partial charge is 0.491 e. The predicted molar refractivity (Wildman–Crippen MR) is 78.3 cm³/mol. The first-order valence-corrected chi connectivity index (χ1v) is 7.10. The minimum absolute atomic E-state index is 0.284. The third kappa shape index (κ3) is 6.06. The van der Waals surface area contributed by atoms with Crippen LogP contribution in [-0.2, 0) is 6.42 Å². The number of aryl methyl sites for hydroxylation is 1. The van der Waals surface area contributed by atoms with E-state index in [0.29, 0.717) is 6.04 Å². The molecular weight excluding hydrogens is 222 g/mol. The number of nitrogens with one attached hydrogen (secondary N) is 1. The van der Waals surface area contributed by atoms with Gasteiger partial charge in [-0.05, 0) is 50.4 Å². The molecule has 0 spiro atoms. The Bertz CT molecular complexity index is 318. The van der Waals surface area contributed by atoms with Crippen molar-refractivity contribution in [1.82, 2.24) is 5.32 Å². The first-order chi connectivity index (χ1) is 8.61. The molecule has 0 aliphatic carbocycles. The van der Waals surface area contributed by atoms with Crippen molar-refractivity contribution >= 4 is 0 Å². The Hall–Kier alpha value is -1.02. The van der Waals surface area contributed by atoms with E-state index in [2.05, 4.69) is 57.3 Å². The standard InChI is InChI=1S/C16H27NO/c1-5-15-8-10-16(11-9-15)18-14(4)7-6-12-17-13(2)3/h8-11,13-14,17H,5-7,12H2,1-4H3. The van der Waals surface area contributed by atoms with Crippen molar-refractivity contribution in [2.75, 3.05) is 6.54 Å². The fraction of sp³-hybridized carbons (Fsp3) is 0.625. The van der Waals surface area contributed by atoms with E-state index in [1.165, 1.54) is 5.56 Å². The predicted octanol–water partition coefficient (Wildman–Crippen LogP) is 3.79. The molecule has 0 aliphatic heterocycles. The Morgan fingerprint density at radius 1 is 1.11 bits per heavy atom. The quantitative estimate of drug-likeness (QED) is 0.708. The minimum atomic E-state index is 0.284. The Kier molecular flexibility index (Phi) is 6.81. The van der Waals surface area contributed by atoms with E-state index in [-0.39, 0.29) is 6.10 Å². The molecule has 1 aromatic carbocycles. The maximum atomic E-state index is 5.89. The van der Waals surface area contributed by atoms with Crippen LogP contribution in [0.2, 0.25) is 0 Å². The van der Waals surface area contributed by atoms with Gasteiger partial charge in [-0.1, -0.05) is 32.9 Å². The van der Waals surface area contributed by atoms with Crippen molar-refractivity contribution in [2.24, 2.45) is 0 Å². The lowest BCUT2D eigenvalue weighted by atomic mass is 10.1. The summed E-state index contributed by atoms with van der Waals surface area (Å²) in [5.74, 6) is 0.983. The second kappa shape index (κ2) is 8.15. The van der Waals surface area contributed by atoms with Crippen molar-refractivity contribution < 1.29 is 4.74 Å².